The Hall–Kier alpha value is -2.20. The number of ether oxygens (including phenoxy) is 1. The molecule has 5 N–H and O–H groups in total. The molecule has 0 bridgehead atoms. The SMILES string of the molecule is Nc1cccc(OCCNCc2ccccc2)c1N. The molecule has 0 spiro atoms. The van der Waals surface area contributed by atoms with Crippen molar-refractivity contribution in [1.29, 1.82) is 0 Å². The van der Waals surface area contributed by atoms with Gasteiger partial charge in [-0.2, -0.15) is 0 Å². The van der Waals surface area contributed by atoms with E-state index >= 15 is 0 Å². The minimum atomic E-state index is 0.505. The molecule has 0 aliphatic rings. The number of nitrogens with two attached hydrogens (primary N) is 2. The van der Waals surface area contributed by atoms with E-state index in [1.165, 1.54) is 5.56 Å². The molecular weight excluding hydrogens is 238 g/mol. The Balaban J connectivity index is 1.71. The standard InChI is InChI=1S/C15H19N3O/c16-13-7-4-8-14(15(13)17)19-10-9-18-11-12-5-2-1-3-6-12/h1-8,18H,9-11,16-17H2. The first-order valence-electron chi connectivity index (χ1n) is 6.29. The van der Waals surface area contributed by atoms with Crippen LogP contribution in [0.3, 0.4) is 0 Å². The van der Waals surface area contributed by atoms with E-state index in [4.69, 9.17) is 16.2 Å². The lowest BCUT2D eigenvalue weighted by Gasteiger charge is -2.10. The van der Waals surface area contributed by atoms with Crippen molar-refractivity contribution in [3.63, 3.8) is 0 Å². The van der Waals surface area contributed by atoms with Crippen LogP contribution in [0.1, 0.15) is 5.56 Å². The van der Waals surface area contributed by atoms with E-state index in [1.54, 1.807) is 6.07 Å². The summed E-state index contributed by atoms with van der Waals surface area (Å²) in [6.07, 6.45) is 0. The van der Waals surface area contributed by atoms with Crippen molar-refractivity contribution in [2.45, 2.75) is 6.54 Å². The summed E-state index contributed by atoms with van der Waals surface area (Å²) >= 11 is 0. The van der Waals surface area contributed by atoms with E-state index in [2.05, 4.69) is 17.4 Å². The Bertz CT molecular complexity index is 514. The van der Waals surface area contributed by atoms with E-state index in [0.29, 0.717) is 23.7 Å². The molecule has 0 radical (unpaired) electrons. The lowest BCUT2D eigenvalue weighted by atomic mass is 10.2. The van der Waals surface area contributed by atoms with Crippen molar-refractivity contribution in [2.24, 2.45) is 0 Å². The van der Waals surface area contributed by atoms with Crippen molar-refractivity contribution in [1.82, 2.24) is 5.32 Å². The summed E-state index contributed by atoms with van der Waals surface area (Å²) in [5.74, 6) is 0.640. The molecule has 100 valence electrons. The van der Waals surface area contributed by atoms with Crippen LogP contribution in [0.15, 0.2) is 48.5 Å². The average Bonchev–Trinajstić information content (AvgIpc) is 2.44. The van der Waals surface area contributed by atoms with Crippen LogP contribution in [0.5, 0.6) is 5.75 Å². The zero-order valence-electron chi connectivity index (χ0n) is 10.8. The summed E-state index contributed by atoms with van der Waals surface area (Å²) in [4.78, 5) is 0. The number of nitrogens with one attached hydrogen (secondary N) is 1. The monoisotopic (exact) mass is 257 g/mol. The molecule has 0 fully saturated rings. The first kappa shape index (κ1) is 13.2. The molecule has 0 aromatic heterocycles. The predicted octanol–water partition coefficient (Wildman–Crippen LogP) is 2.02. The fourth-order valence-corrected chi connectivity index (χ4v) is 1.75. The first-order valence-corrected chi connectivity index (χ1v) is 6.29. The Kier molecular flexibility index (Phi) is 4.64. The van der Waals surface area contributed by atoms with Crippen molar-refractivity contribution >= 4 is 11.4 Å². The average molecular weight is 257 g/mol. The number of nitrogen functional groups attached to an aromatic ring is 2. The van der Waals surface area contributed by atoms with Gasteiger partial charge in [0, 0.05) is 13.1 Å². The van der Waals surface area contributed by atoms with Crippen molar-refractivity contribution in [2.75, 3.05) is 24.6 Å². The lowest BCUT2D eigenvalue weighted by molar-refractivity contribution is 0.315. The molecule has 4 nitrogen and oxygen atoms in total. The minimum absolute atomic E-state index is 0.505. The number of para-hydroxylation sites is 1. The second-order valence-corrected chi connectivity index (χ2v) is 4.27. The van der Waals surface area contributed by atoms with Gasteiger partial charge in [0.2, 0.25) is 0 Å². The maximum atomic E-state index is 5.82. The minimum Gasteiger partial charge on any atom is -0.490 e. The summed E-state index contributed by atoms with van der Waals surface area (Å²) in [6, 6.07) is 15.7. The van der Waals surface area contributed by atoms with Crippen LogP contribution in [0.25, 0.3) is 0 Å². The van der Waals surface area contributed by atoms with Gasteiger partial charge in [-0.05, 0) is 17.7 Å². The van der Waals surface area contributed by atoms with Gasteiger partial charge in [-0.3, -0.25) is 0 Å². The summed E-state index contributed by atoms with van der Waals surface area (Å²) in [5, 5.41) is 3.31. The lowest BCUT2D eigenvalue weighted by Crippen LogP contribution is -2.20. The fourth-order valence-electron chi connectivity index (χ4n) is 1.75. The van der Waals surface area contributed by atoms with Gasteiger partial charge in [-0.1, -0.05) is 36.4 Å². The number of benzene rings is 2. The molecule has 0 saturated heterocycles. The van der Waals surface area contributed by atoms with Crippen LogP contribution < -0.4 is 21.5 Å². The quantitative estimate of drug-likeness (QED) is 0.547. The highest BCUT2D eigenvalue weighted by Gasteiger charge is 2.02. The molecule has 2 aromatic carbocycles. The van der Waals surface area contributed by atoms with Gasteiger partial charge in [-0.15, -0.1) is 0 Å². The summed E-state index contributed by atoms with van der Waals surface area (Å²) in [5.41, 5.74) is 13.8. The molecule has 2 rings (SSSR count). The zero-order valence-corrected chi connectivity index (χ0v) is 10.8. The predicted molar refractivity (Wildman–Crippen MR) is 78.9 cm³/mol. The van der Waals surface area contributed by atoms with Gasteiger partial charge in [0.05, 0.1) is 11.4 Å². The molecule has 0 aliphatic carbocycles. The molecule has 2 aromatic rings. The van der Waals surface area contributed by atoms with Crippen molar-refractivity contribution < 1.29 is 4.74 Å². The van der Waals surface area contributed by atoms with E-state index in [1.807, 2.05) is 30.3 Å². The Morgan fingerprint density at radius 2 is 1.74 bits per heavy atom. The maximum absolute atomic E-state index is 5.82. The topological polar surface area (TPSA) is 73.3 Å². The fraction of sp³-hybridized carbons (Fsp3) is 0.200. The Morgan fingerprint density at radius 1 is 0.947 bits per heavy atom. The third-order valence-electron chi connectivity index (χ3n) is 2.81. The Labute approximate surface area is 113 Å². The zero-order chi connectivity index (χ0) is 13.5. The van der Waals surface area contributed by atoms with Crippen LogP contribution in [0.4, 0.5) is 11.4 Å². The van der Waals surface area contributed by atoms with E-state index in [9.17, 15) is 0 Å². The number of hydrogen-bond acceptors (Lipinski definition) is 4. The highest BCUT2D eigenvalue weighted by Crippen LogP contribution is 2.26. The molecule has 4 heteroatoms. The molecule has 19 heavy (non-hydrogen) atoms. The number of anilines is 2. The van der Waals surface area contributed by atoms with Crippen LogP contribution in [-0.2, 0) is 6.54 Å². The third kappa shape index (κ3) is 3.89. The second-order valence-electron chi connectivity index (χ2n) is 4.27. The first-order chi connectivity index (χ1) is 9.27. The van der Waals surface area contributed by atoms with E-state index < -0.39 is 0 Å². The number of rotatable bonds is 6. The summed E-state index contributed by atoms with van der Waals surface area (Å²) < 4.78 is 5.59. The van der Waals surface area contributed by atoms with Gasteiger partial charge in [-0.25, -0.2) is 0 Å². The number of hydrogen-bond donors (Lipinski definition) is 3. The molecule has 0 heterocycles. The highest BCUT2D eigenvalue weighted by atomic mass is 16.5. The normalized spacial score (nSPS) is 10.3. The highest BCUT2D eigenvalue weighted by molar-refractivity contribution is 5.70. The van der Waals surface area contributed by atoms with Crippen LogP contribution in [0.2, 0.25) is 0 Å². The van der Waals surface area contributed by atoms with Gasteiger partial charge < -0.3 is 21.5 Å². The summed E-state index contributed by atoms with van der Waals surface area (Å²) in [6.45, 7) is 2.14. The molecule has 0 atom stereocenters. The smallest absolute Gasteiger partial charge is 0.144 e. The second kappa shape index (κ2) is 6.66. The summed E-state index contributed by atoms with van der Waals surface area (Å²) in [7, 11) is 0. The van der Waals surface area contributed by atoms with E-state index in [0.717, 1.165) is 13.1 Å². The largest absolute Gasteiger partial charge is 0.490 e. The van der Waals surface area contributed by atoms with Crippen molar-refractivity contribution in [3.05, 3.63) is 54.1 Å². The van der Waals surface area contributed by atoms with Crippen LogP contribution in [-0.4, -0.2) is 13.2 Å². The molecule has 0 saturated carbocycles. The molecule has 0 amide bonds. The van der Waals surface area contributed by atoms with Gasteiger partial charge >= 0.3 is 0 Å². The van der Waals surface area contributed by atoms with Gasteiger partial charge in [0.15, 0.2) is 0 Å². The molecule has 0 aliphatic heterocycles. The molecular formula is C15H19N3O. The van der Waals surface area contributed by atoms with Crippen LogP contribution in [0, 0.1) is 0 Å². The van der Waals surface area contributed by atoms with Crippen molar-refractivity contribution in [3.8, 4) is 5.75 Å². The Morgan fingerprint density at radius 3 is 2.53 bits per heavy atom. The maximum Gasteiger partial charge on any atom is 0.144 e. The van der Waals surface area contributed by atoms with Crippen LogP contribution >= 0.6 is 0 Å². The molecule has 0 unspecified atom stereocenters. The van der Waals surface area contributed by atoms with E-state index in [-0.39, 0.29) is 0 Å². The van der Waals surface area contributed by atoms with Gasteiger partial charge in [0.1, 0.15) is 12.4 Å². The van der Waals surface area contributed by atoms with Gasteiger partial charge in [0.25, 0.3) is 0 Å². The third-order valence-corrected chi connectivity index (χ3v) is 2.81.